The van der Waals surface area contributed by atoms with E-state index in [9.17, 15) is 19.8 Å². The van der Waals surface area contributed by atoms with Gasteiger partial charge in [0, 0.05) is 12.8 Å². The van der Waals surface area contributed by atoms with E-state index in [2.05, 4.69) is 19.2 Å². The van der Waals surface area contributed by atoms with Crippen LogP contribution in [0.25, 0.3) is 0 Å². The minimum Gasteiger partial charge on any atom is -0.466 e. The lowest BCUT2D eigenvalue weighted by Crippen LogP contribution is -2.45. The second-order valence-corrected chi connectivity index (χ2v) is 21.4. The van der Waals surface area contributed by atoms with Crippen molar-refractivity contribution in [1.82, 2.24) is 5.32 Å². The van der Waals surface area contributed by atoms with Crippen LogP contribution in [0.3, 0.4) is 0 Å². The van der Waals surface area contributed by atoms with Gasteiger partial charge in [-0.15, -0.1) is 0 Å². The zero-order valence-corrected chi connectivity index (χ0v) is 46.1. The monoisotopic (exact) mass is 960 g/mol. The summed E-state index contributed by atoms with van der Waals surface area (Å²) >= 11 is 0. The highest BCUT2D eigenvalue weighted by molar-refractivity contribution is 5.76. The summed E-state index contributed by atoms with van der Waals surface area (Å²) in [5.41, 5.74) is 0. The highest BCUT2D eigenvalue weighted by atomic mass is 16.5. The van der Waals surface area contributed by atoms with Gasteiger partial charge >= 0.3 is 5.97 Å². The molecule has 68 heavy (non-hydrogen) atoms. The van der Waals surface area contributed by atoms with Gasteiger partial charge in [-0.1, -0.05) is 315 Å². The number of aliphatic hydroxyl groups is 2. The number of hydrogen-bond donors (Lipinski definition) is 3. The number of unbranched alkanes of at least 4 members (excludes halogenated alkanes) is 47. The molecule has 0 spiro atoms. The lowest BCUT2D eigenvalue weighted by Gasteiger charge is -2.20. The van der Waals surface area contributed by atoms with E-state index < -0.39 is 12.1 Å². The number of nitrogens with one attached hydrogen (secondary N) is 1. The van der Waals surface area contributed by atoms with Gasteiger partial charge < -0.3 is 20.3 Å². The second kappa shape index (κ2) is 58.2. The van der Waals surface area contributed by atoms with E-state index in [1.807, 2.05) is 6.08 Å². The molecule has 6 nitrogen and oxygen atoms in total. The fraction of sp³-hybridized carbons (Fsp3) is 0.935. The molecule has 3 N–H and O–H groups in total. The van der Waals surface area contributed by atoms with E-state index in [-0.39, 0.29) is 18.5 Å². The van der Waals surface area contributed by atoms with Gasteiger partial charge in [0.2, 0.25) is 5.91 Å². The molecule has 2 atom stereocenters. The molecule has 0 aromatic carbocycles. The third kappa shape index (κ3) is 53.9. The normalized spacial score (nSPS) is 12.6. The van der Waals surface area contributed by atoms with Crippen LogP contribution in [-0.2, 0) is 14.3 Å². The molecule has 404 valence electrons. The van der Waals surface area contributed by atoms with Crippen LogP contribution in [0.1, 0.15) is 348 Å². The molecular formula is C62H121NO5. The Morgan fingerprint density at radius 1 is 0.397 bits per heavy atom. The summed E-state index contributed by atoms with van der Waals surface area (Å²) < 4.78 is 5.47. The molecule has 0 aliphatic heterocycles. The van der Waals surface area contributed by atoms with Crippen molar-refractivity contribution in [2.24, 2.45) is 0 Å². The molecule has 0 radical (unpaired) electrons. The van der Waals surface area contributed by atoms with Crippen LogP contribution in [-0.4, -0.2) is 47.4 Å². The molecule has 0 aliphatic rings. The van der Waals surface area contributed by atoms with Crippen molar-refractivity contribution in [1.29, 1.82) is 0 Å². The van der Waals surface area contributed by atoms with Gasteiger partial charge in [-0.3, -0.25) is 9.59 Å². The zero-order chi connectivity index (χ0) is 49.3. The van der Waals surface area contributed by atoms with Crippen molar-refractivity contribution < 1.29 is 24.5 Å². The maximum atomic E-state index is 12.4. The fourth-order valence-corrected chi connectivity index (χ4v) is 9.81. The second-order valence-electron chi connectivity index (χ2n) is 21.4. The highest BCUT2D eigenvalue weighted by Gasteiger charge is 2.18. The van der Waals surface area contributed by atoms with Crippen molar-refractivity contribution in [2.75, 3.05) is 13.2 Å². The summed E-state index contributed by atoms with van der Waals surface area (Å²) in [7, 11) is 0. The van der Waals surface area contributed by atoms with Gasteiger partial charge in [-0.05, 0) is 32.1 Å². The Kier molecular flexibility index (Phi) is 57.0. The molecule has 2 unspecified atom stereocenters. The highest BCUT2D eigenvalue weighted by Crippen LogP contribution is 2.18. The van der Waals surface area contributed by atoms with Crippen molar-refractivity contribution in [2.45, 2.75) is 360 Å². The number of esters is 1. The number of amides is 1. The number of rotatable bonds is 58. The van der Waals surface area contributed by atoms with E-state index in [4.69, 9.17) is 4.74 Å². The molecule has 0 saturated carbocycles. The Morgan fingerprint density at radius 3 is 1.00 bits per heavy atom. The first-order valence-electron chi connectivity index (χ1n) is 31.0. The molecular weight excluding hydrogens is 839 g/mol. The third-order valence-corrected chi connectivity index (χ3v) is 14.6. The smallest absolute Gasteiger partial charge is 0.305 e. The molecule has 0 aromatic heterocycles. The molecule has 6 heteroatoms. The number of carbonyl (C=O) groups is 2. The summed E-state index contributed by atoms with van der Waals surface area (Å²) in [6.45, 7) is 4.91. The van der Waals surface area contributed by atoms with Crippen molar-refractivity contribution >= 4 is 11.9 Å². The van der Waals surface area contributed by atoms with Crippen LogP contribution >= 0.6 is 0 Å². The third-order valence-electron chi connectivity index (χ3n) is 14.6. The van der Waals surface area contributed by atoms with Gasteiger partial charge in [0.25, 0.3) is 0 Å². The Labute approximate surface area is 425 Å². The van der Waals surface area contributed by atoms with Crippen LogP contribution < -0.4 is 5.32 Å². The summed E-state index contributed by atoms with van der Waals surface area (Å²) in [5.74, 6) is -0.0451. The average molecular weight is 961 g/mol. The van der Waals surface area contributed by atoms with E-state index >= 15 is 0 Å². The van der Waals surface area contributed by atoms with E-state index in [0.717, 1.165) is 38.5 Å². The maximum Gasteiger partial charge on any atom is 0.305 e. The first kappa shape index (κ1) is 66.6. The minimum absolute atomic E-state index is 0.0192. The summed E-state index contributed by atoms with van der Waals surface area (Å²) in [6.07, 6.45) is 69.8. The lowest BCUT2D eigenvalue weighted by atomic mass is 10.0. The molecule has 1 amide bonds. The number of hydrogen-bond acceptors (Lipinski definition) is 5. The molecule has 0 saturated heterocycles. The quantitative estimate of drug-likeness (QED) is 0.0321. The van der Waals surface area contributed by atoms with Gasteiger partial charge in [0.15, 0.2) is 0 Å². The Balaban J connectivity index is 3.32. The number of allylic oxidation sites excluding steroid dienone is 1. The van der Waals surface area contributed by atoms with E-state index in [1.165, 1.54) is 283 Å². The summed E-state index contributed by atoms with van der Waals surface area (Å²) in [6, 6.07) is -0.622. The predicted molar refractivity (Wildman–Crippen MR) is 297 cm³/mol. The van der Waals surface area contributed by atoms with Crippen LogP contribution in [0.15, 0.2) is 12.2 Å². The Bertz CT molecular complexity index is 1020. The molecule has 0 aliphatic carbocycles. The fourth-order valence-electron chi connectivity index (χ4n) is 9.81. The molecule has 0 aromatic rings. The Hall–Kier alpha value is -1.40. The van der Waals surface area contributed by atoms with Crippen molar-refractivity contribution in [3.05, 3.63) is 12.2 Å². The average Bonchev–Trinajstić information content (AvgIpc) is 3.34. The van der Waals surface area contributed by atoms with Crippen LogP contribution in [0, 0.1) is 0 Å². The Morgan fingerprint density at radius 2 is 0.676 bits per heavy atom. The molecule has 0 rings (SSSR count). The van der Waals surface area contributed by atoms with Crippen molar-refractivity contribution in [3.63, 3.8) is 0 Å². The standard InChI is InChI=1S/C62H121NO5/c1-3-5-7-9-11-13-34-38-42-46-50-54-60(65)59(58-64)63-61(66)55-51-47-43-39-36-32-30-28-26-24-22-20-18-16-15-17-19-21-23-25-27-29-31-33-37-41-45-49-53-57-68-62(67)56-52-48-44-40-35-14-12-10-8-6-4-2/h50,54,59-60,64-65H,3-49,51-53,55-58H2,1-2H3,(H,63,66)/b54-50+. The first-order chi connectivity index (χ1) is 33.5. The maximum absolute atomic E-state index is 12.4. The largest absolute Gasteiger partial charge is 0.466 e. The minimum atomic E-state index is -0.839. The summed E-state index contributed by atoms with van der Waals surface area (Å²) in [5, 5.41) is 23.0. The topological polar surface area (TPSA) is 95.9 Å². The SMILES string of the molecule is CCCCCCCCCCC/C=C/C(O)C(CO)NC(=O)CCCCCCCCCCCCCCCCCCCCCCCCCCCCCCCOC(=O)CCCCCCCCCCCCC. The molecule has 0 bridgehead atoms. The molecule has 0 heterocycles. The number of ether oxygens (including phenoxy) is 1. The van der Waals surface area contributed by atoms with E-state index in [1.54, 1.807) is 6.08 Å². The number of aliphatic hydroxyl groups excluding tert-OH is 2. The van der Waals surface area contributed by atoms with Gasteiger partial charge in [0.05, 0.1) is 25.4 Å². The first-order valence-corrected chi connectivity index (χ1v) is 31.0. The molecule has 0 fully saturated rings. The van der Waals surface area contributed by atoms with Crippen molar-refractivity contribution in [3.8, 4) is 0 Å². The van der Waals surface area contributed by atoms with Gasteiger partial charge in [0.1, 0.15) is 0 Å². The van der Waals surface area contributed by atoms with Crippen LogP contribution in [0.2, 0.25) is 0 Å². The zero-order valence-electron chi connectivity index (χ0n) is 46.1. The summed E-state index contributed by atoms with van der Waals surface area (Å²) in [4.78, 5) is 24.4. The van der Waals surface area contributed by atoms with Crippen LogP contribution in [0.5, 0.6) is 0 Å². The van der Waals surface area contributed by atoms with Gasteiger partial charge in [-0.2, -0.15) is 0 Å². The number of carbonyl (C=O) groups excluding carboxylic acids is 2. The van der Waals surface area contributed by atoms with Gasteiger partial charge in [-0.25, -0.2) is 0 Å². The van der Waals surface area contributed by atoms with E-state index in [0.29, 0.717) is 19.4 Å². The predicted octanol–water partition coefficient (Wildman–Crippen LogP) is 19.2. The lowest BCUT2D eigenvalue weighted by molar-refractivity contribution is -0.143. The van der Waals surface area contributed by atoms with Crippen LogP contribution in [0.4, 0.5) is 0 Å².